The highest BCUT2D eigenvalue weighted by Crippen LogP contribution is 2.68. The maximum Gasteiger partial charge on any atom is 0.293 e. The Labute approximate surface area is 358 Å². The Kier molecular flexibility index (Phi) is 10.7. The summed E-state index contributed by atoms with van der Waals surface area (Å²) in [7, 11) is -3.99. The van der Waals surface area contributed by atoms with E-state index in [2.05, 4.69) is 10.4 Å². The Hall–Kier alpha value is -5.27. The molecule has 0 radical (unpaired) electrons. The van der Waals surface area contributed by atoms with Gasteiger partial charge in [-0.1, -0.05) is 35.3 Å². The molecule has 1 aliphatic heterocycles. The van der Waals surface area contributed by atoms with E-state index in [0.717, 1.165) is 16.7 Å². The third-order valence-electron chi connectivity index (χ3n) is 11.3. The highest BCUT2D eigenvalue weighted by atomic mass is 35.5. The van der Waals surface area contributed by atoms with Gasteiger partial charge in [-0.2, -0.15) is 18.2 Å². The number of amides is 1. The first-order chi connectivity index (χ1) is 29.5. The van der Waals surface area contributed by atoms with E-state index in [9.17, 15) is 35.6 Å². The molecule has 20 heteroatoms. The van der Waals surface area contributed by atoms with E-state index >= 15 is 8.78 Å². The highest BCUT2D eigenvalue weighted by molar-refractivity contribution is 7.89. The number of alkyl halides is 4. The minimum atomic E-state index is -3.99. The SMILES string of the molecule is O=C(Cn1nc(C(F)F)c2c1C(F)(F)[C@@H]1C[C@H]21)NC(Cc1cc(F)cc(F)c1)c1nc2cc(-c3ccc(Cl)cc3Cl)ccc2c(=O)n1-c1ccc(S(=O)(=O)N2CCOCC2)cc1. The summed E-state index contributed by atoms with van der Waals surface area (Å²) in [5.41, 5.74) is -1.47. The Morgan fingerprint density at radius 1 is 0.952 bits per heavy atom. The molecule has 0 spiro atoms. The zero-order valence-electron chi connectivity index (χ0n) is 32.0. The number of ether oxygens (including phenoxy) is 1. The van der Waals surface area contributed by atoms with E-state index in [1.165, 1.54) is 40.7 Å². The van der Waals surface area contributed by atoms with E-state index < -0.39 is 87.7 Å². The quantitative estimate of drug-likeness (QED) is 0.130. The number of morpholine rings is 1. The monoisotopic (exact) mass is 916 g/mol. The molecule has 3 heterocycles. The summed E-state index contributed by atoms with van der Waals surface area (Å²) in [6.45, 7) is -0.322. The number of sulfonamides is 1. The molecule has 11 nitrogen and oxygen atoms in total. The van der Waals surface area contributed by atoms with Crippen LogP contribution in [-0.2, 0) is 38.4 Å². The smallest absolute Gasteiger partial charge is 0.293 e. The maximum absolute atomic E-state index is 15.5. The van der Waals surface area contributed by atoms with Crippen molar-refractivity contribution in [2.75, 3.05) is 26.3 Å². The molecule has 3 aliphatic rings. The van der Waals surface area contributed by atoms with E-state index in [1.54, 1.807) is 24.3 Å². The molecule has 2 aliphatic carbocycles. The van der Waals surface area contributed by atoms with Gasteiger partial charge >= 0.3 is 0 Å². The van der Waals surface area contributed by atoms with Crippen LogP contribution in [0.15, 0.2) is 88.6 Å². The van der Waals surface area contributed by atoms with Crippen LogP contribution in [-0.4, -0.2) is 64.3 Å². The first-order valence-electron chi connectivity index (χ1n) is 19.2. The molecule has 1 saturated heterocycles. The van der Waals surface area contributed by atoms with Gasteiger partial charge in [0.2, 0.25) is 15.9 Å². The first kappa shape index (κ1) is 42.1. The molecule has 2 fully saturated rings. The second-order valence-corrected chi connectivity index (χ2v) is 18.0. The number of nitrogens with one attached hydrogen (secondary N) is 1. The molecule has 1 amide bonds. The molecule has 1 saturated carbocycles. The second kappa shape index (κ2) is 15.8. The lowest BCUT2D eigenvalue weighted by molar-refractivity contribution is -0.123. The van der Waals surface area contributed by atoms with Crippen LogP contribution in [0.2, 0.25) is 10.0 Å². The molecule has 9 rings (SSSR count). The number of nitrogens with zero attached hydrogens (tertiary/aromatic N) is 5. The van der Waals surface area contributed by atoms with Crippen molar-refractivity contribution >= 4 is 50.0 Å². The number of carbonyl (C=O) groups excluding carboxylic acids is 1. The van der Waals surface area contributed by atoms with Gasteiger partial charge in [0.05, 0.1) is 40.7 Å². The third kappa shape index (κ3) is 7.54. The number of halogens is 8. The van der Waals surface area contributed by atoms with Gasteiger partial charge in [-0.25, -0.2) is 31.0 Å². The van der Waals surface area contributed by atoms with Gasteiger partial charge in [0.25, 0.3) is 17.9 Å². The number of benzene rings is 4. The largest absolute Gasteiger partial charge is 0.379 e. The van der Waals surface area contributed by atoms with Crippen LogP contribution in [0.3, 0.4) is 0 Å². The van der Waals surface area contributed by atoms with Crippen molar-refractivity contribution < 1.29 is 44.3 Å². The lowest BCUT2D eigenvalue weighted by Gasteiger charge is -2.26. The van der Waals surface area contributed by atoms with Gasteiger partial charge in [-0.05, 0) is 84.1 Å². The Balaban J connectivity index is 1.19. The van der Waals surface area contributed by atoms with Crippen LogP contribution in [0.1, 0.15) is 53.1 Å². The van der Waals surface area contributed by atoms with Crippen molar-refractivity contribution in [2.45, 2.75) is 48.6 Å². The number of carbonyl (C=O) groups is 1. The predicted octanol–water partition coefficient (Wildman–Crippen LogP) is 8.10. The van der Waals surface area contributed by atoms with Crippen LogP contribution in [0.25, 0.3) is 27.7 Å². The molecular weight excluding hydrogens is 885 g/mol. The van der Waals surface area contributed by atoms with Crippen LogP contribution in [0.5, 0.6) is 0 Å². The van der Waals surface area contributed by atoms with Crippen LogP contribution in [0, 0.1) is 17.6 Å². The van der Waals surface area contributed by atoms with E-state index in [-0.39, 0.29) is 76.2 Å². The molecule has 62 heavy (non-hydrogen) atoms. The maximum atomic E-state index is 15.5. The average Bonchev–Trinajstić information content (AvgIpc) is 3.88. The number of hydrogen-bond acceptors (Lipinski definition) is 7. The number of rotatable bonds is 11. The summed E-state index contributed by atoms with van der Waals surface area (Å²) in [4.78, 5) is 33.5. The first-order valence-corrected chi connectivity index (χ1v) is 21.4. The normalized spacial score (nSPS) is 18.8. The van der Waals surface area contributed by atoms with Gasteiger partial charge in [0, 0.05) is 52.7 Å². The minimum Gasteiger partial charge on any atom is -0.379 e. The lowest BCUT2D eigenvalue weighted by atomic mass is 10.0. The number of aromatic nitrogens is 4. The highest BCUT2D eigenvalue weighted by Gasteiger charge is 2.67. The minimum absolute atomic E-state index is 0.00110. The van der Waals surface area contributed by atoms with Crippen LogP contribution >= 0.6 is 23.2 Å². The molecule has 4 aromatic carbocycles. The molecule has 1 N–H and O–H groups in total. The van der Waals surface area contributed by atoms with Crippen molar-refractivity contribution in [3.63, 3.8) is 0 Å². The number of hydrogen-bond donors (Lipinski definition) is 1. The van der Waals surface area contributed by atoms with Crippen molar-refractivity contribution in [3.05, 3.63) is 139 Å². The third-order valence-corrected chi connectivity index (χ3v) is 13.8. The van der Waals surface area contributed by atoms with Crippen molar-refractivity contribution in [1.82, 2.24) is 29.0 Å². The fraction of sp³-hybridized carbons (Fsp3) is 0.286. The van der Waals surface area contributed by atoms with Gasteiger partial charge < -0.3 is 10.1 Å². The van der Waals surface area contributed by atoms with Crippen molar-refractivity contribution in [1.29, 1.82) is 0 Å². The van der Waals surface area contributed by atoms with Gasteiger partial charge in [-0.15, -0.1) is 0 Å². The lowest BCUT2D eigenvalue weighted by Crippen LogP contribution is -2.40. The van der Waals surface area contributed by atoms with E-state index in [4.69, 9.17) is 32.9 Å². The summed E-state index contributed by atoms with van der Waals surface area (Å²) in [6.07, 6.45) is -3.64. The topological polar surface area (TPSA) is 128 Å². The molecule has 322 valence electrons. The zero-order chi connectivity index (χ0) is 43.8. The zero-order valence-corrected chi connectivity index (χ0v) is 34.3. The fourth-order valence-corrected chi connectivity index (χ4v) is 10.3. The van der Waals surface area contributed by atoms with Crippen LogP contribution in [0.4, 0.5) is 26.3 Å². The van der Waals surface area contributed by atoms with Crippen LogP contribution < -0.4 is 10.9 Å². The van der Waals surface area contributed by atoms with Crippen molar-refractivity contribution in [3.8, 4) is 16.8 Å². The second-order valence-electron chi connectivity index (χ2n) is 15.3. The Morgan fingerprint density at radius 3 is 2.34 bits per heavy atom. The molecular formula is C42H32Cl2F6N6O5S. The predicted molar refractivity (Wildman–Crippen MR) is 215 cm³/mol. The molecule has 0 bridgehead atoms. The summed E-state index contributed by atoms with van der Waals surface area (Å²) in [5, 5.41) is 7.08. The molecule has 6 aromatic rings. The summed E-state index contributed by atoms with van der Waals surface area (Å²) in [5.74, 6) is -8.76. The molecule has 3 atom stereocenters. The Morgan fingerprint density at radius 2 is 1.66 bits per heavy atom. The van der Waals surface area contributed by atoms with E-state index in [1.807, 2.05) is 0 Å². The van der Waals surface area contributed by atoms with Gasteiger partial charge in [-0.3, -0.25) is 18.8 Å². The molecule has 2 aromatic heterocycles. The van der Waals surface area contributed by atoms with Gasteiger partial charge in [0.1, 0.15) is 35.4 Å². The van der Waals surface area contributed by atoms with Gasteiger partial charge in [0.15, 0.2) is 0 Å². The summed E-state index contributed by atoms with van der Waals surface area (Å²) >= 11 is 12.7. The Bertz CT molecular complexity index is 2940. The number of fused-ring (bicyclic) bond motifs is 4. The average molecular weight is 918 g/mol. The standard InChI is InChI=1S/C42H32Cl2F6N6O5S/c43-23-2-8-28(32(44)17-23)22-1-7-29-33(16-22)52-40(56(41(29)58)26-3-5-27(6-4-26)62(59,60)54-9-11-61-12-10-54)34(15-21-13-24(45)18-25(46)14-21)51-35(57)20-55-38-36(37(53-55)39(47)48)30-19-31(30)42(38,49)50/h1-8,13-14,16-18,30-31,34,39H,9-12,15,19-20H2,(H,51,57)/t30-,31+,34?/m0/s1. The molecule has 1 unspecified atom stereocenters. The summed E-state index contributed by atoms with van der Waals surface area (Å²) < 4.78 is 124. The fourth-order valence-electron chi connectivity index (χ4n) is 8.41. The van der Waals surface area contributed by atoms with Crippen molar-refractivity contribution in [2.24, 2.45) is 5.92 Å². The van der Waals surface area contributed by atoms with E-state index in [0.29, 0.717) is 26.9 Å². The summed E-state index contributed by atoms with van der Waals surface area (Å²) in [6, 6.07) is 15.8.